The molecule has 2 rings (SSSR count). The number of aromatic hydroxyl groups is 1. The van der Waals surface area contributed by atoms with E-state index in [1.165, 1.54) is 6.07 Å². The molecule has 6 nitrogen and oxygen atoms in total. The number of carbonyl (C=O) groups excluding carboxylic acids is 2. The van der Waals surface area contributed by atoms with Crippen LogP contribution in [-0.4, -0.2) is 23.5 Å². The Morgan fingerprint density at radius 2 is 2.17 bits per heavy atom. The summed E-state index contributed by atoms with van der Waals surface area (Å²) in [7, 11) is 0. The summed E-state index contributed by atoms with van der Waals surface area (Å²) < 4.78 is 9.74. The second kappa shape index (κ2) is 4.61. The highest BCUT2D eigenvalue weighted by Crippen LogP contribution is 2.27. The fourth-order valence-corrected chi connectivity index (χ4v) is 2.08. The Morgan fingerprint density at radius 1 is 1.44 bits per heavy atom. The van der Waals surface area contributed by atoms with Crippen molar-refractivity contribution in [1.82, 2.24) is 0 Å². The number of hydrogen-bond acceptors (Lipinski definition) is 7. The van der Waals surface area contributed by atoms with E-state index in [9.17, 15) is 19.5 Å². The van der Waals surface area contributed by atoms with Crippen molar-refractivity contribution in [2.45, 2.75) is 6.92 Å². The number of ether oxygens (including phenoxy) is 1. The SMILES string of the molecule is CCOC(=O)C(=O)c1cc2oc(=O)sc2cc1O. The molecule has 0 saturated carbocycles. The van der Waals surface area contributed by atoms with Crippen LogP contribution in [0.15, 0.2) is 21.3 Å². The molecule has 0 aliphatic rings. The van der Waals surface area contributed by atoms with Gasteiger partial charge in [-0.05, 0) is 13.0 Å². The van der Waals surface area contributed by atoms with Gasteiger partial charge in [0.2, 0.25) is 0 Å². The van der Waals surface area contributed by atoms with Crippen LogP contribution in [0, 0.1) is 0 Å². The molecule has 0 atom stereocenters. The van der Waals surface area contributed by atoms with Crippen molar-refractivity contribution in [3.63, 3.8) is 0 Å². The number of hydrogen-bond donors (Lipinski definition) is 1. The van der Waals surface area contributed by atoms with Crippen LogP contribution < -0.4 is 4.94 Å². The van der Waals surface area contributed by atoms with Crippen LogP contribution in [0.4, 0.5) is 0 Å². The summed E-state index contributed by atoms with van der Waals surface area (Å²) in [4.78, 5) is 33.4. The van der Waals surface area contributed by atoms with E-state index in [0.29, 0.717) is 4.70 Å². The molecule has 0 aliphatic heterocycles. The Morgan fingerprint density at radius 3 is 2.83 bits per heavy atom. The largest absolute Gasteiger partial charge is 0.507 e. The number of phenols is 1. The van der Waals surface area contributed by atoms with Gasteiger partial charge in [0.05, 0.1) is 16.9 Å². The van der Waals surface area contributed by atoms with Gasteiger partial charge in [-0.1, -0.05) is 11.3 Å². The van der Waals surface area contributed by atoms with E-state index in [1.54, 1.807) is 6.92 Å². The lowest BCUT2D eigenvalue weighted by Crippen LogP contribution is -2.17. The summed E-state index contributed by atoms with van der Waals surface area (Å²) in [6.45, 7) is 1.62. The molecule has 0 fully saturated rings. The number of Topliss-reactive ketones (excluding diaryl/α,β-unsaturated/α-hetero) is 1. The van der Waals surface area contributed by atoms with Gasteiger partial charge in [-0.25, -0.2) is 9.59 Å². The van der Waals surface area contributed by atoms with Crippen molar-refractivity contribution in [3.8, 4) is 5.75 Å². The third-order valence-electron chi connectivity index (χ3n) is 2.15. The van der Waals surface area contributed by atoms with Crippen LogP contribution in [-0.2, 0) is 9.53 Å². The van der Waals surface area contributed by atoms with E-state index < -0.39 is 22.4 Å². The van der Waals surface area contributed by atoms with Crippen molar-refractivity contribution in [3.05, 3.63) is 27.4 Å². The zero-order chi connectivity index (χ0) is 13.3. The molecule has 0 unspecified atom stereocenters. The standard InChI is InChI=1S/C11H8O6S/c1-2-16-10(14)9(13)5-3-7-8(4-6(5)12)18-11(15)17-7/h3-4,12H,2H2,1H3. The molecule has 0 saturated heterocycles. The molecule has 0 bridgehead atoms. The van der Waals surface area contributed by atoms with E-state index >= 15 is 0 Å². The summed E-state index contributed by atoms with van der Waals surface area (Å²) in [5.41, 5.74) is -0.0991. The summed E-state index contributed by atoms with van der Waals surface area (Å²) in [5.74, 6) is -2.44. The Balaban J connectivity index is 2.50. The number of benzene rings is 1. The molecule has 0 spiro atoms. The monoisotopic (exact) mass is 268 g/mol. The molecular formula is C11H8O6S. The number of esters is 1. The van der Waals surface area contributed by atoms with Crippen LogP contribution in [0.5, 0.6) is 5.75 Å². The van der Waals surface area contributed by atoms with E-state index in [1.807, 2.05) is 0 Å². The van der Waals surface area contributed by atoms with Crippen LogP contribution >= 0.6 is 11.3 Å². The molecule has 7 heteroatoms. The molecule has 0 aliphatic carbocycles. The molecule has 0 radical (unpaired) electrons. The van der Waals surface area contributed by atoms with Gasteiger partial charge in [0.1, 0.15) is 5.75 Å². The third kappa shape index (κ3) is 2.12. The first-order chi connectivity index (χ1) is 8.52. The summed E-state index contributed by atoms with van der Waals surface area (Å²) in [6.07, 6.45) is 0. The van der Waals surface area contributed by atoms with Gasteiger partial charge in [-0.15, -0.1) is 0 Å². The lowest BCUT2D eigenvalue weighted by molar-refractivity contribution is -0.137. The summed E-state index contributed by atoms with van der Waals surface area (Å²) in [5, 5.41) is 9.64. The Kier molecular flexibility index (Phi) is 3.15. The van der Waals surface area contributed by atoms with Gasteiger partial charge in [0.15, 0.2) is 5.58 Å². The van der Waals surface area contributed by atoms with E-state index in [0.717, 1.165) is 17.4 Å². The van der Waals surface area contributed by atoms with E-state index in [-0.39, 0.29) is 17.8 Å². The maximum Gasteiger partial charge on any atom is 0.396 e. The number of carbonyl (C=O) groups is 2. The van der Waals surface area contributed by atoms with Crippen molar-refractivity contribution in [2.24, 2.45) is 0 Å². The van der Waals surface area contributed by atoms with Gasteiger partial charge in [-0.3, -0.25) is 4.79 Å². The predicted molar refractivity (Wildman–Crippen MR) is 63.0 cm³/mol. The van der Waals surface area contributed by atoms with Crippen molar-refractivity contribution in [1.29, 1.82) is 0 Å². The third-order valence-corrected chi connectivity index (χ3v) is 2.94. The van der Waals surface area contributed by atoms with E-state index in [2.05, 4.69) is 4.74 Å². The molecule has 0 amide bonds. The second-order valence-corrected chi connectivity index (χ2v) is 4.30. The molecule has 1 aromatic carbocycles. The maximum atomic E-state index is 11.7. The zero-order valence-electron chi connectivity index (χ0n) is 9.26. The normalized spacial score (nSPS) is 10.5. The van der Waals surface area contributed by atoms with Crippen LogP contribution in [0.1, 0.15) is 17.3 Å². The number of fused-ring (bicyclic) bond motifs is 1. The van der Waals surface area contributed by atoms with E-state index in [4.69, 9.17) is 4.42 Å². The van der Waals surface area contributed by atoms with Crippen LogP contribution in [0.3, 0.4) is 0 Å². The van der Waals surface area contributed by atoms with Crippen LogP contribution in [0.25, 0.3) is 10.3 Å². The fraction of sp³-hybridized carbons (Fsp3) is 0.182. The zero-order valence-corrected chi connectivity index (χ0v) is 10.1. The predicted octanol–water partition coefficient (Wildman–Crippen LogP) is 1.31. The second-order valence-electron chi connectivity index (χ2n) is 3.32. The van der Waals surface area contributed by atoms with Crippen molar-refractivity contribution >= 4 is 33.4 Å². The highest BCUT2D eigenvalue weighted by atomic mass is 32.1. The minimum atomic E-state index is -1.07. The number of ketones is 1. The number of rotatable bonds is 3. The smallest absolute Gasteiger partial charge is 0.396 e. The van der Waals surface area contributed by atoms with Gasteiger partial charge < -0.3 is 14.3 Å². The van der Waals surface area contributed by atoms with Crippen molar-refractivity contribution in [2.75, 3.05) is 6.61 Å². The van der Waals surface area contributed by atoms with Gasteiger partial charge in [0.25, 0.3) is 5.78 Å². The topological polar surface area (TPSA) is 93.8 Å². The van der Waals surface area contributed by atoms with Gasteiger partial charge in [-0.2, -0.15) is 0 Å². The molecule has 18 heavy (non-hydrogen) atoms. The molecule has 1 N–H and O–H groups in total. The molecular weight excluding hydrogens is 260 g/mol. The lowest BCUT2D eigenvalue weighted by Gasteiger charge is -2.03. The first-order valence-electron chi connectivity index (χ1n) is 5.01. The Bertz CT molecular complexity index is 680. The van der Waals surface area contributed by atoms with Crippen LogP contribution in [0.2, 0.25) is 0 Å². The summed E-state index contributed by atoms with van der Waals surface area (Å²) in [6, 6.07) is 2.36. The molecule has 2 aromatic rings. The minimum Gasteiger partial charge on any atom is -0.507 e. The highest BCUT2D eigenvalue weighted by molar-refractivity contribution is 7.16. The molecule has 94 valence electrons. The van der Waals surface area contributed by atoms with Crippen molar-refractivity contribution < 1.29 is 23.8 Å². The first kappa shape index (κ1) is 12.3. The molecule has 1 aromatic heterocycles. The summed E-state index contributed by atoms with van der Waals surface area (Å²) >= 11 is 0.796. The van der Waals surface area contributed by atoms with Gasteiger partial charge in [0, 0.05) is 6.07 Å². The average molecular weight is 268 g/mol. The first-order valence-corrected chi connectivity index (χ1v) is 5.82. The Labute approximate surface area is 104 Å². The average Bonchev–Trinajstić information content (AvgIpc) is 2.66. The quantitative estimate of drug-likeness (QED) is 0.512. The minimum absolute atomic E-state index is 0.0567. The number of phenolic OH excluding ortho intramolecular Hbond substituents is 1. The fourth-order valence-electron chi connectivity index (χ4n) is 1.40. The van der Waals surface area contributed by atoms with Gasteiger partial charge >= 0.3 is 10.9 Å². The maximum absolute atomic E-state index is 11.7. The highest BCUT2D eigenvalue weighted by Gasteiger charge is 2.22. The molecule has 1 heterocycles. The Hall–Kier alpha value is -2.15. The lowest BCUT2D eigenvalue weighted by atomic mass is 10.1.